The molecule has 4 aromatic carbocycles. The molecule has 2 heterocycles. The molecule has 0 bridgehead atoms. The number of phenolic OH excluding ortho intramolecular Hbond substituents is 2. The molecule has 0 aliphatic carbocycles. The van der Waals surface area contributed by atoms with E-state index in [1.54, 1.807) is 29.2 Å². The average molecular weight is 637 g/mol. The highest BCUT2D eigenvalue weighted by molar-refractivity contribution is 6.18. The van der Waals surface area contributed by atoms with Gasteiger partial charge in [-0.2, -0.15) is 0 Å². The van der Waals surface area contributed by atoms with Crippen LogP contribution in [-0.2, 0) is 11.3 Å². The molecule has 0 aromatic heterocycles. The van der Waals surface area contributed by atoms with Crippen molar-refractivity contribution in [3.05, 3.63) is 119 Å². The largest absolute Gasteiger partial charge is 0.508 e. The molecule has 46 heavy (non-hydrogen) atoms. The van der Waals surface area contributed by atoms with E-state index in [9.17, 15) is 19.8 Å². The number of alkyl halides is 1. The maximum atomic E-state index is 12.2. The average Bonchev–Trinajstić information content (AvgIpc) is 3.07. The molecule has 8 nitrogen and oxygen atoms in total. The summed E-state index contributed by atoms with van der Waals surface area (Å²) in [6.07, 6.45) is 0.954. The summed E-state index contributed by atoms with van der Waals surface area (Å²) >= 11 is 6.30. The van der Waals surface area contributed by atoms with E-state index in [2.05, 4.69) is 51.5 Å². The number of allylic oxidation sites excluding steroid dienone is 1. The molecule has 0 spiro atoms. The van der Waals surface area contributed by atoms with Gasteiger partial charge >= 0.3 is 6.03 Å². The van der Waals surface area contributed by atoms with Gasteiger partial charge in [0.2, 0.25) is 5.91 Å². The first-order chi connectivity index (χ1) is 22.4. The number of nitrogens with one attached hydrogen (secondary N) is 1. The Morgan fingerprint density at radius 2 is 1.22 bits per heavy atom. The van der Waals surface area contributed by atoms with Crippen molar-refractivity contribution >= 4 is 46.1 Å². The van der Waals surface area contributed by atoms with Crippen LogP contribution in [0.4, 0.5) is 16.2 Å². The van der Waals surface area contributed by atoms with E-state index in [1.807, 2.05) is 36.4 Å². The van der Waals surface area contributed by atoms with Crippen molar-refractivity contribution in [2.75, 3.05) is 48.4 Å². The highest BCUT2D eigenvalue weighted by atomic mass is 35.5. The van der Waals surface area contributed by atoms with Crippen LogP contribution in [0.25, 0.3) is 11.1 Å². The zero-order chi connectivity index (χ0) is 32.0. The number of rotatable bonds is 9. The van der Waals surface area contributed by atoms with Crippen LogP contribution in [0.3, 0.4) is 0 Å². The summed E-state index contributed by atoms with van der Waals surface area (Å²) in [5, 5.41) is 22.2. The number of carbonyl (C=O) groups is 2. The molecule has 4 aromatic rings. The van der Waals surface area contributed by atoms with E-state index in [1.165, 1.54) is 11.3 Å². The number of piperazine rings is 1. The van der Waals surface area contributed by atoms with Gasteiger partial charge < -0.3 is 15.1 Å². The smallest absolute Gasteiger partial charge is 0.328 e. The first-order valence-corrected chi connectivity index (χ1v) is 16.1. The van der Waals surface area contributed by atoms with Crippen LogP contribution in [0.1, 0.15) is 35.1 Å². The maximum Gasteiger partial charge on any atom is 0.328 e. The van der Waals surface area contributed by atoms with E-state index >= 15 is 0 Å². The molecule has 0 unspecified atom stereocenters. The van der Waals surface area contributed by atoms with E-state index < -0.39 is 0 Å². The fraction of sp³-hybridized carbons (Fsp3) is 0.243. The number of aromatic hydroxyl groups is 2. The Morgan fingerprint density at radius 3 is 1.78 bits per heavy atom. The van der Waals surface area contributed by atoms with Crippen LogP contribution in [-0.4, -0.2) is 65.7 Å². The minimum Gasteiger partial charge on any atom is -0.508 e. The summed E-state index contributed by atoms with van der Waals surface area (Å²) in [7, 11) is 0. The minimum atomic E-state index is -0.367. The van der Waals surface area contributed by atoms with E-state index in [0.717, 1.165) is 66.2 Å². The van der Waals surface area contributed by atoms with Gasteiger partial charge in [-0.05, 0) is 88.4 Å². The van der Waals surface area contributed by atoms with Gasteiger partial charge in [-0.3, -0.25) is 19.9 Å². The normalized spacial score (nSPS) is 16.3. The van der Waals surface area contributed by atoms with Crippen LogP contribution in [0.15, 0.2) is 97.1 Å². The van der Waals surface area contributed by atoms with Crippen molar-refractivity contribution in [2.24, 2.45) is 0 Å². The highest BCUT2D eigenvalue weighted by Gasteiger charge is 2.24. The van der Waals surface area contributed by atoms with Gasteiger partial charge in [0.1, 0.15) is 11.5 Å². The standard InChI is InChI=1S/C37H37ClN4O4/c38-19-17-34(27-5-13-32(43)14-6-27)36(29-7-15-33(44)16-8-29)28-3-11-30(12-4-28)41-23-21-40(22-24-41)25-26-1-9-31(10-2-26)42-20-18-35(45)39-37(42)46/h1-16,43-44H,17-25H2,(H,39,45,46). The van der Waals surface area contributed by atoms with Crippen LogP contribution >= 0.6 is 11.6 Å². The molecule has 2 aliphatic rings. The third-order valence-electron chi connectivity index (χ3n) is 8.62. The van der Waals surface area contributed by atoms with Crippen molar-refractivity contribution in [1.29, 1.82) is 0 Å². The Bertz CT molecular complexity index is 1700. The Balaban J connectivity index is 1.14. The SMILES string of the molecule is O=C1CCN(c2ccc(CN3CCN(c4ccc(C(=C(CCCl)c5ccc(O)cc5)c5ccc(O)cc5)cc4)CC3)cc2)C(=O)N1. The molecular weight excluding hydrogens is 600 g/mol. The molecule has 0 radical (unpaired) electrons. The van der Waals surface area contributed by atoms with Crippen molar-refractivity contribution in [3.63, 3.8) is 0 Å². The lowest BCUT2D eigenvalue weighted by molar-refractivity contribution is -0.120. The number of hydrogen-bond donors (Lipinski definition) is 3. The van der Waals surface area contributed by atoms with Crippen LogP contribution in [0, 0.1) is 0 Å². The van der Waals surface area contributed by atoms with Crippen LogP contribution in [0.2, 0.25) is 0 Å². The van der Waals surface area contributed by atoms with Gasteiger partial charge in [-0.1, -0.05) is 48.5 Å². The number of anilines is 2. The topological polar surface area (TPSA) is 96.4 Å². The molecule has 0 saturated carbocycles. The van der Waals surface area contributed by atoms with E-state index in [0.29, 0.717) is 25.3 Å². The lowest BCUT2D eigenvalue weighted by Gasteiger charge is -2.36. The zero-order valence-electron chi connectivity index (χ0n) is 25.5. The molecule has 3 amide bonds. The molecule has 2 aliphatic heterocycles. The van der Waals surface area contributed by atoms with Crippen LogP contribution < -0.4 is 15.1 Å². The third kappa shape index (κ3) is 7.19. The van der Waals surface area contributed by atoms with Gasteiger partial charge in [-0.25, -0.2) is 4.79 Å². The molecular formula is C37H37ClN4O4. The second-order valence-electron chi connectivity index (χ2n) is 11.6. The number of hydrogen-bond acceptors (Lipinski definition) is 6. The quantitative estimate of drug-likeness (QED) is 0.144. The van der Waals surface area contributed by atoms with Gasteiger partial charge in [0.25, 0.3) is 0 Å². The first kappa shape index (κ1) is 31.2. The predicted octanol–water partition coefficient (Wildman–Crippen LogP) is 6.45. The lowest BCUT2D eigenvalue weighted by Crippen LogP contribution is -2.49. The number of urea groups is 1. The highest BCUT2D eigenvalue weighted by Crippen LogP contribution is 2.36. The molecule has 6 rings (SSSR count). The number of amides is 3. The summed E-state index contributed by atoms with van der Waals surface area (Å²) in [5.74, 6) is 0.640. The summed E-state index contributed by atoms with van der Waals surface area (Å²) < 4.78 is 0. The molecule has 2 fully saturated rings. The molecule has 9 heteroatoms. The van der Waals surface area contributed by atoms with Gasteiger partial charge in [0.15, 0.2) is 0 Å². The predicted molar refractivity (Wildman–Crippen MR) is 183 cm³/mol. The number of halogens is 1. The Morgan fingerprint density at radius 1 is 0.674 bits per heavy atom. The fourth-order valence-corrected chi connectivity index (χ4v) is 6.36. The number of benzene rings is 4. The molecule has 236 valence electrons. The van der Waals surface area contributed by atoms with Gasteiger partial charge in [0, 0.05) is 62.9 Å². The Kier molecular flexibility index (Phi) is 9.57. The van der Waals surface area contributed by atoms with Gasteiger partial charge in [-0.15, -0.1) is 11.6 Å². The fourth-order valence-electron chi connectivity index (χ4n) is 6.17. The first-order valence-electron chi connectivity index (χ1n) is 15.5. The Labute approximate surface area is 274 Å². The van der Waals surface area contributed by atoms with Crippen molar-refractivity contribution < 1.29 is 19.8 Å². The van der Waals surface area contributed by atoms with Crippen molar-refractivity contribution in [3.8, 4) is 11.5 Å². The summed E-state index contributed by atoms with van der Waals surface area (Å²) in [6, 6.07) is 30.7. The van der Waals surface area contributed by atoms with E-state index in [4.69, 9.17) is 11.6 Å². The number of phenols is 2. The molecule has 0 atom stereocenters. The maximum absolute atomic E-state index is 12.2. The molecule has 3 N–H and O–H groups in total. The second-order valence-corrected chi connectivity index (χ2v) is 12.0. The monoisotopic (exact) mass is 636 g/mol. The lowest BCUT2D eigenvalue weighted by atomic mass is 9.88. The summed E-state index contributed by atoms with van der Waals surface area (Å²) in [4.78, 5) is 30.1. The number of carbonyl (C=O) groups excluding carboxylic acids is 2. The number of nitrogens with zero attached hydrogens (tertiary/aromatic N) is 3. The van der Waals surface area contributed by atoms with Crippen molar-refractivity contribution in [1.82, 2.24) is 10.2 Å². The molecule has 2 saturated heterocycles. The van der Waals surface area contributed by atoms with Crippen molar-refractivity contribution in [2.45, 2.75) is 19.4 Å². The van der Waals surface area contributed by atoms with E-state index in [-0.39, 0.29) is 23.4 Å². The summed E-state index contributed by atoms with van der Waals surface area (Å²) in [5.41, 5.74) is 8.29. The Hall–Kier alpha value is -4.79. The minimum absolute atomic E-state index is 0.211. The van der Waals surface area contributed by atoms with Gasteiger partial charge in [0.05, 0.1) is 0 Å². The third-order valence-corrected chi connectivity index (χ3v) is 8.81. The number of imide groups is 1. The second kappa shape index (κ2) is 14.1. The summed E-state index contributed by atoms with van der Waals surface area (Å²) in [6.45, 7) is 4.91. The zero-order valence-corrected chi connectivity index (χ0v) is 26.3. The van der Waals surface area contributed by atoms with Crippen LogP contribution in [0.5, 0.6) is 11.5 Å².